The van der Waals surface area contributed by atoms with Gasteiger partial charge in [0.15, 0.2) is 11.6 Å². The molecule has 1 atom stereocenters. The fraction of sp³-hybridized carbons (Fsp3) is 0.455. The molecule has 0 aliphatic heterocycles. The molecule has 0 amide bonds. The number of aromatic nitrogens is 1. The van der Waals surface area contributed by atoms with Crippen LogP contribution in [0.5, 0.6) is 0 Å². The standard InChI is InChI=1S/C22H30N2O2/c1-7-17-8-10-18(11-9-17)21(13(2)3)23-12-19(26)22-14(4)20(16(6)25)15(5)24-22/h8-11,13,21,23-24H,7,12H2,1-6H3/t21-/m0/s1. The molecule has 4 heteroatoms. The Kier molecular flexibility index (Phi) is 6.54. The highest BCUT2D eigenvalue weighted by atomic mass is 16.1. The summed E-state index contributed by atoms with van der Waals surface area (Å²) < 4.78 is 0. The van der Waals surface area contributed by atoms with E-state index in [1.807, 2.05) is 13.8 Å². The van der Waals surface area contributed by atoms with Crippen LogP contribution in [0.3, 0.4) is 0 Å². The quantitative estimate of drug-likeness (QED) is 0.683. The van der Waals surface area contributed by atoms with Gasteiger partial charge in [0, 0.05) is 17.3 Å². The van der Waals surface area contributed by atoms with Gasteiger partial charge in [-0.15, -0.1) is 0 Å². The summed E-state index contributed by atoms with van der Waals surface area (Å²) in [6.07, 6.45) is 1.02. The van der Waals surface area contributed by atoms with Gasteiger partial charge in [0.25, 0.3) is 0 Å². The zero-order chi connectivity index (χ0) is 19.4. The van der Waals surface area contributed by atoms with Crippen LogP contribution < -0.4 is 5.32 Å². The Morgan fingerprint density at radius 2 is 1.73 bits per heavy atom. The van der Waals surface area contributed by atoms with Crippen molar-refractivity contribution in [2.75, 3.05) is 6.54 Å². The van der Waals surface area contributed by atoms with Crippen LogP contribution in [0.25, 0.3) is 0 Å². The van der Waals surface area contributed by atoms with E-state index in [-0.39, 0.29) is 24.2 Å². The van der Waals surface area contributed by atoms with Crippen molar-refractivity contribution in [3.8, 4) is 0 Å². The van der Waals surface area contributed by atoms with Gasteiger partial charge >= 0.3 is 0 Å². The summed E-state index contributed by atoms with van der Waals surface area (Å²) >= 11 is 0. The molecule has 0 aliphatic carbocycles. The average Bonchev–Trinajstić information content (AvgIpc) is 2.89. The van der Waals surface area contributed by atoms with E-state index in [2.05, 4.69) is 55.3 Å². The minimum absolute atomic E-state index is 0.0145. The lowest BCUT2D eigenvalue weighted by atomic mass is 9.94. The smallest absolute Gasteiger partial charge is 0.193 e. The molecule has 0 bridgehead atoms. The number of rotatable bonds is 8. The van der Waals surface area contributed by atoms with Crippen LogP contribution in [0.1, 0.15) is 77.0 Å². The van der Waals surface area contributed by atoms with Crippen molar-refractivity contribution in [2.45, 2.75) is 54.0 Å². The molecule has 0 aliphatic rings. The van der Waals surface area contributed by atoms with Crippen molar-refractivity contribution in [3.05, 3.63) is 57.9 Å². The maximum atomic E-state index is 12.7. The van der Waals surface area contributed by atoms with Gasteiger partial charge in [-0.25, -0.2) is 0 Å². The highest BCUT2D eigenvalue weighted by Gasteiger charge is 2.22. The second-order valence-corrected chi connectivity index (χ2v) is 7.30. The third kappa shape index (κ3) is 4.31. The largest absolute Gasteiger partial charge is 0.355 e. The SMILES string of the molecule is CCc1ccc([C@@H](NCC(=O)c2[nH]c(C)c(C(C)=O)c2C)C(C)C)cc1. The lowest BCUT2D eigenvalue weighted by Gasteiger charge is -2.23. The summed E-state index contributed by atoms with van der Waals surface area (Å²) in [5.74, 6) is 0.322. The van der Waals surface area contributed by atoms with Crippen molar-refractivity contribution >= 4 is 11.6 Å². The maximum absolute atomic E-state index is 12.7. The number of nitrogens with one attached hydrogen (secondary N) is 2. The summed E-state index contributed by atoms with van der Waals surface area (Å²) in [6.45, 7) is 11.9. The third-order valence-electron chi connectivity index (χ3n) is 4.96. The van der Waals surface area contributed by atoms with Gasteiger partial charge in [-0.2, -0.15) is 0 Å². The summed E-state index contributed by atoms with van der Waals surface area (Å²) in [6, 6.07) is 8.67. The topological polar surface area (TPSA) is 62.0 Å². The van der Waals surface area contributed by atoms with Crippen molar-refractivity contribution in [1.29, 1.82) is 0 Å². The molecule has 2 aromatic rings. The van der Waals surface area contributed by atoms with E-state index in [1.54, 1.807) is 0 Å². The van der Waals surface area contributed by atoms with Crippen LogP contribution in [0.4, 0.5) is 0 Å². The Bertz CT molecular complexity index is 785. The fourth-order valence-corrected chi connectivity index (χ4v) is 3.55. The molecular weight excluding hydrogens is 324 g/mol. The normalized spacial score (nSPS) is 12.4. The van der Waals surface area contributed by atoms with E-state index in [0.717, 1.165) is 17.7 Å². The minimum atomic E-state index is -0.0195. The fourth-order valence-electron chi connectivity index (χ4n) is 3.55. The van der Waals surface area contributed by atoms with Gasteiger partial charge in [0.1, 0.15) is 0 Å². The van der Waals surface area contributed by atoms with Crippen LogP contribution in [0, 0.1) is 19.8 Å². The molecule has 0 fully saturated rings. The molecule has 2 N–H and O–H groups in total. The Morgan fingerprint density at radius 3 is 2.19 bits per heavy atom. The molecule has 1 heterocycles. The first-order valence-electron chi connectivity index (χ1n) is 9.31. The molecule has 0 radical (unpaired) electrons. The molecule has 1 aromatic carbocycles. The summed E-state index contributed by atoms with van der Waals surface area (Å²) in [7, 11) is 0. The number of hydrogen-bond donors (Lipinski definition) is 2. The van der Waals surface area contributed by atoms with Gasteiger partial charge in [-0.3, -0.25) is 9.59 Å². The first-order chi connectivity index (χ1) is 12.3. The first-order valence-corrected chi connectivity index (χ1v) is 9.31. The number of carbonyl (C=O) groups excluding carboxylic acids is 2. The van der Waals surface area contributed by atoms with Crippen molar-refractivity contribution < 1.29 is 9.59 Å². The summed E-state index contributed by atoms with van der Waals surface area (Å²) in [5.41, 5.74) is 5.16. The zero-order valence-electron chi connectivity index (χ0n) is 16.7. The van der Waals surface area contributed by atoms with Crippen molar-refractivity contribution in [2.24, 2.45) is 5.92 Å². The van der Waals surface area contributed by atoms with E-state index < -0.39 is 0 Å². The van der Waals surface area contributed by atoms with E-state index in [0.29, 0.717) is 17.2 Å². The van der Waals surface area contributed by atoms with Crippen molar-refractivity contribution in [3.63, 3.8) is 0 Å². The Labute approximate surface area is 156 Å². The van der Waals surface area contributed by atoms with Gasteiger partial charge < -0.3 is 10.3 Å². The molecule has 26 heavy (non-hydrogen) atoms. The van der Waals surface area contributed by atoms with Crippen LogP contribution in [-0.2, 0) is 6.42 Å². The molecule has 2 rings (SSSR count). The predicted octanol–water partition coefficient (Wildman–Crippen LogP) is 4.57. The average molecular weight is 354 g/mol. The number of benzene rings is 1. The maximum Gasteiger partial charge on any atom is 0.193 e. The Hall–Kier alpha value is -2.20. The lowest BCUT2D eigenvalue weighted by Crippen LogP contribution is -2.31. The number of carbonyl (C=O) groups is 2. The van der Waals surface area contributed by atoms with E-state index >= 15 is 0 Å². The number of hydrogen-bond acceptors (Lipinski definition) is 3. The Balaban J connectivity index is 2.15. The molecule has 0 saturated heterocycles. The number of Topliss-reactive ketones (excluding diaryl/α,β-unsaturated/α-hetero) is 2. The number of ketones is 2. The zero-order valence-corrected chi connectivity index (χ0v) is 16.7. The predicted molar refractivity (Wildman–Crippen MR) is 106 cm³/mol. The molecular formula is C22H30N2O2. The number of aromatic amines is 1. The van der Waals surface area contributed by atoms with Crippen LogP contribution in [0.2, 0.25) is 0 Å². The minimum Gasteiger partial charge on any atom is -0.355 e. The highest BCUT2D eigenvalue weighted by molar-refractivity contribution is 6.03. The molecule has 1 aromatic heterocycles. The molecule has 0 spiro atoms. The molecule has 0 unspecified atom stereocenters. The highest BCUT2D eigenvalue weighted by Crippen LogP contribution is 2.23. The second-order valence-electron chi connectivity index (χ2n) is 7.30. The summed E-state index contributed by atoms with van der Waals surface area (Å²) in [5, 5.41) is 3.40. The van der Waals surface area contributed by atoms with Crippen molar-refractivity contribution in [1.82, 2.24) is 10.3 Å². The van der Waals surface area contributed by atoms with E-state index in [1.165, 1.54) is 18.1 Å². The Morgan fingerprint density at radius 1 is 1.12 bits per heavy atom. The van der Waals surface area contributed by atoms with E-state index in [4.69, 9.17) is 0 Å². The van der Waals surface area contributed by atoms with Gasteiger partial charge in [-0.1, -0.05) is 45.0 Å². The lowest BCUT2D eigenvalue weighted by molar-refractivity contribution is 0.0979. The number of aryl methyl sites for hydroxylation is 2. The molecule has 4 nitrogen and oxygen atoms in total. The van der Waals surface area contributed by atoms with Gasteiger partial charge in [-0.05, 0) is 49.8 Å². The van der Waals surface area contributed by atoms with Gasteiger partial charge in [0.05, 0.1) is 12.2 Å². The van der Waals surface area contributed by atoms with Crippen LogP contribution >= 0.6 is 0 Å². The molecule has 140 valence electrons. The summed E-state index contributed by atoms with van der Waals surface area (Å²) in [4.78, 5) is 27.6. The monoisotopic (exact) mass is 354 g/mol. The third-order valence-corrected chi connectivity index (χ3v) is 4.96. The van der Waals surface area contributed by atoms with E-state index in [9.17, 15) is 9.59 Å². The van der Waals surface area contributed by atoms with Crippen LogP contribution in [-0.4, -0.2) is 23.1 Å². The van der Waals surface area contributed by atoms with Crippen LogP contribution in [0.15, 0.2) is 24.3 Å². The van der Waals surface area contributed by atoms with Gasteiger partial charge in [0.2, 0.25) is 0 Å². The second kappa shape index (κ2) is 8.45. The first kappa shape index (κ1) is 20.1. The molecule has 0 saturated carbocycles. The number of H-pyrrole nitrogens is 1.